The molecule has 1 aliphatic rings. The molecule has 7 heteroatoms. The molecule has 152 valence electrons. The zero-order valence-corrected chi connectivity index (χ0v) is 17.2. The molecule has 1 heterocycles. The maximum atomic E-state index is 12.3. The number of rotatable bonds is 7. The Labute approximate surface area is 168 Å². The third-order valence-corrected chi connectivity index (χ3v) is 4.76. The first-order valence-corrected chi connectivity index (χ1v) is 9.63. The molecule has 1 aromatic carbocycles. The van der Waals surface area contributed by atoms with Gasteiger partial charge in [0.15, 0.2) is 0 Å². The molecule has 1 saturated heterocycles. The van der Waals surface area contributed by atoms with Crippen LogP contribution in [0.25, 0.3) is 0 Å². The monoisotopic (exact) mass is 396 g/mol. The molecule has 0 aliphatic carbocycles. The second-order valence-corrected chi connectivity index (χ2v) is 7.44. The van der Waals surface area contributed by atoms with Crippen LogP contribution in [-0.4, -0.2) is 41.9 Å². The highest BCUT2D eigenvalue weighted by atomic mass is 35.5. The van der Waals surface area contributed by atoms with E-state index in [2.05, 4.69) is 15.5 Å². The number of hydrogen-bond acceptors (Lipinski definition) is 4. The van der Waals surface area contributed by atoms with Crippen molar-refractivity contribution in [1.82, 2.24) is 4.90 Å². The number of carbonyl (C=O) groups excluding carboxylic acids is 2. The first-order chi connectivity index (χ1) is 12.4. The van der Waals surface area contributed by atoms with Crippen LogP contribution in [0.3, 0.4) is 0 Å². The molecule has 1 aliphatic heterocycles. The Bertz CT molecular complexity index is 614. The lowest BCUT2D eigenvalue weighted by molar-refractivity contribution is -0.121. The Morgan fingerprint density at radius 1 is 1.11 bits per heavy atom. The summed E-state index contributed by atoms with van der Waals surface area (Å²) in [4.78, 5) is 26.8. The summed E-state index contributed by atoms with van der Waals surface area (Å²) in [6.45, 7) is 6.11. The Kier molecular flexibility index (Phi) is 9.77. The lowest BCUT2D eigenvalue weighted by atomic mass is 9.96. The van der Waals surface area contributed by atoms with Gasteiger partial charge in [-0.15, -0.1) is 12.4 Å². The van der Waals surface area contributed by atoms with E-state index >= 15 is 0 Å². The van der Waals surface area contributed by atoms with Crippen molar-refractivity contribution in [3.05, 3.63) is 24.3 Å². The quantitative estimate of drug-likeness (QED) is 0.659. The molecule has 2 rings (SSSR count). The van der Waals surface area contributed by atoms with Gasteiger partial charge in [0.2, 0.25) is 11.8 Å². The van der Waals surface area contributed by atoms with Crippen LogP contribution in [0.5, 0.6) is 0 Å². The molecule has 1 unspecified atom stereocenters. The molecule has 4 N–H and O–H groups in total. The molecule has 27 heavy (non-hydrogen) atoms. The SMILES string of the molecule is CCCC(C)(N)C(=O)Nc1cccc(NC(=O)CN2CCCCCC2)c1.Cl. The highest BCUT2D eigenvalue weighted by molar-refractivity contribution is 5.98. The summed E-state index contributed by atoms with van der Waals surface area (Å²) < 4.78 is 0. The van der Waals surface area contributed by atoms with E-state index < -0.39 is 5.54 Å². The second kappa shape index (κ2) is 11.3. The number of anilines is 2. The van der Waals surface area contributed by atoms with Gasteiger partial charge in [-0.3, -0.25) is 14.5 Å². The van der Waals surface area contributed by atoms with Crippen LogP contribution >= 0.6 is 12.4 Å². The minimum atomic E-state index is -0.902. The number of nitrogens with one attached hydrogen (secondary N) is 2. The minimum absolute atomic E-state index is 0. The predicted octanol–water partition coefficient (Wildman–Crippen LogP) is 3.38. The van der Waals surface area contributed by atoms with Gasteiger partial charge in [0.05, 0.1) is 12.1 Å². The van der Waals surface area contributed by atoms with Gasteiger partial charge in [-0.1, -0.05) is 32.3 Å². The summed E-state index contributed by atoms with van der Waals surface area (Å²) in [6, 6.07) is 7.19. The smallest absolute Gasteiger partial charge is 0.244 e. The van der Waals surface area contributed by atoms with Gasteiger partial charge < -0.3 is 16.4 Å². The van der Waals surface area contributed by atoms with Crippen LogP contribution in [-0.2, 0) is 9.59 Å². The van der Waals surface area contributed by atoms with Gasteiger partial charge >= 0.3 is 0 Å². The standard InChI is InChI=1S/C20H32N4O2.ClH/c1-3-11-20(2,21)19(26)23-17-10-8-9-16(14-17)22-18(25)15-24-12-6-4-5-7-13-24;/h8-10,14H,3-7,11-13,15,21H2,1-2H3,(H,22,25)(H,23,26);1H. The van der Waals surface area contributed by atoms with E-state index in [1.807, 2.05) is 19.1 Å². The van der Waals surface area contributed by atoms with E-state index in [0.29, 0.717) is 24.3 Å². The van der Waals surface area contributed by atoms with E-state index in [0.717, 1.165) is 32.4 Å². The molecular formula is C20H33ClN4O2. The van der Waals surface area contributed by atoms with Crippen molar-refractivity contribution in [2.75, 3.05) is 30.3 Å². The minimum Gasteiger partial charge on any atom is -0.325 e. The molecule has 0 saturated carbocycles. The van der Waals surface area contributed by atoms with Crippen LogP contribution in [0.2, 0.25) is 0 Å². The molecule has 1 aromatic rings. The van der Waals surface area contributed by atoms with Gasteiger partial charge in [0.1, 0.15) is 0 Å². The molecule has 0 spiro atoms. The van der Waals surface area contributed by atoms with Gasteiger partial charge in [-0.2, -0.15) is 0 Å². The van der Waals surface area contributed by atoms with E-state index in [1.165, 1.54) is 12.8 Å². The van der Waals surface area contributed by atoms with Gasteiger partial charge in [0.25, 0.3) is 0 Å². The summed E-state index contributed by atoms with van der Waals surface area (Å²) in [5.74, 6) is -0.239. The number of nitrogens with two attached hydrogens (primary N) is 1. The van der Waals surface area contributed by atoms with E-state index in [9.17, 15) is 9.59 Å². The maximum Gasteiger partial charge on any atom is 0.244 e. The Morgan fingerprint density at radius 3 is 2.30 bits per heavy atom. The zero-order chi connectivity index (χ0) is 19.0. The van der Waals surface area contributed by atoms with Crippen molar-refractivity contribution in [1.29, 1.82) is 0 Å². The fraction of sp³-hybridized carbons (Fsp3) is 0.600. The van der Waals surface area contributed by atoms with Crippen molar-refractivity contribution in [2.24, 2.45) is 5.73 Å². The van der Waals surface area contributed by atoms with Crippen molar-refractivity contribution < 1.29 is 9.59 Å². The first kappa shape index (κ1) is 23.4. The first-order valence-electron chi connectivity index (χ1n) is 9.63. The zero-order valence-electron chi connectivity index (χ0n) is 16.4. The lowest BCUT2D eigenvalue weighted by Crippen LogP contribution is -2.48. The largest absolute Gasteiger partial charge is 0.325 e. The highest BCUT2D eigenvalue weighted by Crippen LogP contribution is 2.18. The van der Waals surface area contributed by atoms with Crippen molar-refractivity contribution >= 4 is 35.6 Å². The van der Waals surface area contributed by atoms with E-state index in [1.54, 1.807) is 19.1 Å². The molecule has 1 fully saturated rings. The molecule has 1 atom stereocenters. The van der Waals surface area contributed by atoms with E-state index in [-0.39, 0.29) is 24.2 Å². The molecule has 6 nitrogen and oxygen atoms in total. The van der Waals surface area contributed by atoms with Gasteiger partial charge in [0, 0.05) is 11.4 Å². The Balaban J connectivity index is 0.00000364. The average molecular weight is 397 g/mol. The van der Waals surface area contributed by atoms with Gasteiger partial charge in [-0.25, -0.2) is 0 Å². The fourth-order valence-corrected chi connectivity index (χ4v) is 3.28. The second-order valence-electron chi connectivity index (χ2n) is 7.44. The summed E-state index contributed by atoms with van der Waals surface area (Å²) >= 11 is 0. The van der Waals surface area contributed by atoms with E-state index in [4.69, 9.17) is 5.73 Å². The lowest BCUT2D eigenvalue weighted by Gasteiger charge is -2.23. The molecule has 2 amide bonds. The summed E-state index contributed by atoms with van der Waals surface area (Å²) in [5.41, 5.74) is 6.48. The number of benzene rings is 1. The maximum absolute atomic E-state index is 12.3. The third kappa shape index (κ3) is 7.87. The van der Waals surface area contributed by atoms with Crippen molar-refractivity contribution in [3.8, 4) is 0 Å². The van der Waals surface area contributed by atoms with Crippen LogP contribution in [0, 0.1) is 0 Å². The fourth-order valence-electron chi connectivity index (χ4n) is 3.28. The van der Waals surface area contributed by atoms with Crippen LogP contribution in [0.1, 0.15) is 52.4 Å². The molecule has 0 aromatic heterocycles. The van der Waals surface area contributed by atoms with Crippen LogP contribution in [0.15, 0.2) is 24.3 Å². The number of halogens is 1. The highest BCUT2D eigenvalue weighted by Gasteiger charge is 2.27. The number of hydrogen-bond donors (Lipinski definition) is 3. The van der Waals surface area contributed by atoms with Gasteiger partial charge in [-0.05, 0) is 57.5 Å². The average Bonchev–Trinajstić information content (AvgIpc) is 2.83. The number of amides is 2. The summed E-state index contributed by atoms with van der Waals surface area (Å²) in [6.07, 6.45) is 6.27. The van der Waals surface area contributed by atoms with Crippen molar-refractivity contribution in [2.45, 2.75) is 57.9 Å². The predicted molar refractivity (Wildman–Crippen MR) is 113 cm³/mol. The molecule has 0 bridgehead atoms. The number of carbonyl (C=O) groups is 2. The number of nitrogens with zero attached hydrogens (tertiary/aromatic N) is 1. The van der Waals surface area contributed by atoms with Crippen LogP contribution < -0.4 is 16.4 Å². The summed E-state index contributed by atoms with van der Waals surface area (Å²) in [5, 5.41) is 5.77. The van der Waals surface area contributed by atoms with Crippen molar-refractivity contribution in [3.63, 3.8) is 0 Å². The number of likely N-dealkylation sites (tertiary alicyclic amines) is 1. The van der Waals surface area contributed by atoms with Crippen LogP contribution in [0.4, 0.5) is 11.4 Å². The topological polar surface area (TPSA) is 87.5 Å². The third-order valence-electron chi connectivity index (χ3n) is 4.76. The summed E-state index contributed by atoms with van der Waals surface area (Å²) in [7, 11) is 0. The molecule has 0 radical (unpaired) electrons. The Morgan fingerprint density at radius 2 is 1.70 bits per heavy atom. The Hall–Kier alpha value is -1.63. The normalized spacial score (nSPS) is 17.1. The molecular weight excluding hydrogens is 364 g/mol.